The maximum atomic E-state index is 13.8. The molecule has 1 aliphatic heterocycles. The standard InChI is InChI=1S/C21H22FN3O2/c22-18-6-2-1-5-17(18)19-10-8-16(27-19)9-11-21(26)23-13-15-14-25-12-4-3-7-20(25)24-15/h1-2,5-6,8,10,14H,3-4,7,9,11-13H2,(H,23,26). The van der Waals surface area contributed by atoms with Crippen molar-refractivity contribution in [3.8, 4) is 11.3 Å². The van der Waals surface area contributed by atoms with Gasteiger partial charge in [-0.05, 0) is 37.1 Å². The molecule has 6 heteroatoms. The lowest BCUT2D eigenvalue weighted by Crippen LogP contribution is -2.23. The summed E-state index contributed by atoms with van der Waals surface area (Å²) in [6, 6.07) is 10.0. The molecule has 1 N–H and O–H groups in total. The van der Waals surface area contributed by atoms with Gasteiger partial charge in [0.15, 0.2) is 0 Å². The summed E-state index contributed by atoms with van der Waals surface area (Å²) in [4.78, 5) is 16.7. The molecule has 3 heterocycles. The summed E-state index contributed by atoms with van der Waals surface area (Å²) < 4.78 is 21.7. The van der Waals surface area contributed by atoms with Crippen LogP contribution in [-0.2, 0) is 30.7 Å². The second kappa shape index (κ2) is 7.78. The number of imidazole rings is 1. The van der Waals surface area contributed by atoms with Crippen LogP contribution in [0.15, 0.2) is 47.0 Å². The van der Waals surface area contributed by atoms with Crippen molar-refractivity contribution in [3.05, 3.63) is 65.7 Å². The minimum absolute atomic E-state index is 0.0511. The van der Waals surface area contributed by atoms with E-state index in [0.717, 1.165) is 24.5 Å². The Morgan fingerprint density at radius 3 is 2.96 bits per heavy atom. The molecule has 0 saturated heterocycles. The number of benzene rings is 1. The van der Waals surface area contributed by atoms with Gasteiger partial charge in [-0.25, -0.2) is 9.37 Å². The number of carbonyl (C=O) groups excluding carboxylic acids is 1. The van der Waals surface area contributed by atoms with Crippen LogP contribution < -0.4 is 5.32 Å². The van der Waals surface area contributed by atoms with Crippen LogP contribution in [0.4, 0.5) is 4.39 Å². The molecule has 0 bridgehead atoms. The van der Waals surface area contributed by atoms with Gasteiger partial charge in [0.05, 0.1) is 17.8 Å². The summed E-state index contributed by atoms with van der Waals surface area (Å²) in [5.41, 5.74) is 1.33. The SMILES string of the molecule is O=C(CCc1ccc(-c2ccccc2F)o1)NCc1cn2c(n1)CCCC2. The van der Waals surface area contributed by atoms with Gasteiger partial charge in [-0.3, -0.25) is 4.79 Å². The van der Waals surface area contributed by atoms with E-state index in [2.05, 4.69) is 14.9 Å². The smallest absolute Gasteiger partial charge is 0.220 e. The number of hydrogen-bond acceptors (Lipinski definition) is 3. The summed E-state index contributed by atoms with van der Waals surface area (Å²) in [6.45, 7) is 1.45. The lowest BCUT2D eigenvalue weighted by atomic mass is 10.1. The Balaban J connectivity index is 1.28. The predicted molar refractivity (Wildman–Crippen MR) is 99.4 cm³/mol. The highest BCUT2D eigenvalue weighted by Crippen LogP contribution is 2.25. The quantitative estimate of drug-likeness (QED) is 0.719. The van der Waals surface area contributed by atoms with E-state index in [1.54, 1.807) is 30.3 Å². The molecule has 140 valence electrons. The molecular weight excluding hydrogens is 345 g/mol. The monoisotopic (exact) mass is 367 g/mol. The molecule has 27 heavy (non-hydrogen) atoms. The number of fused-ring (bicyclic) bond motifs is 1. The fourth-order valence-corrected chi connectivity index (χ4v) is 3.39. The third kappa shape index (κ3) is 4.10. The Hall–Kier alpha value is -2.89. The highest BCUT2D eigenvalue weighted by atomic mass is 19.1. The largest absolute Gasteiger partial charge is 0.461 e. The van der Waals surface area contributed by atoms with E-state index in [1.165, 1.54) is 18.9 Å². The van der Waals surface area contributed by atoms with E-state index in [1.807, 2.05) is 6.20 Å². The number of nitrogens with zero attached hydrogens (tertiary/aromatic N) is 2. The number of aromatic nitrogens is 2. The van der Waals surface area contributed by atoms with Crippen LogP contribution in [0.1, 0.15) is 36.5 Å². The first-order chi connectivity index (χ1) is 13.2. The molecular formula is C21H22FN3O2. The summed E-state index contributed by atoms with van der Waals surface area (Å²) >= 11 is 0. The summed E-state index contributed by atoms with van der Waals surface area (Å²) in [5.74, 6) is 1.89. The van der Waals surface area contributed by atoms with E-state index < -0.39 is 0 Å². The fraction of sp³-hybridized carbons (Fsp3) is 0.333. The number of nitrogens with one attached hydrogen (secondary N) is 1. The van der Waals surface area contributed by atoms with Crippen LogP contribution >= 0.6 is 0 Å². The molecule has 1 aliphatic rings. The van der Waals surface area contributed by atoms with Crippen LogP contribution in [0, 0.1) is 5.82 Å². The first-order valence-electron chi connectivity index (χ1n) is 9.34. The fourth-order valence-electron chi connectivity index (χ4n) is 3.39. The predicted octanol–water partition coefficient (Wildman–Crippen LogP) is 3.87. The lowest BCUT2D eigenvalue weighted by Gasteiger charge is -2.11. The highest BCUT2D eigenvalue weighted by molar-refractivity contribution is 5.76. The number of hydrogen-bond donors (Lipinski definition) is 1. The molecule has 4 rings (SSSR count). The highest BCUT2D eigenvalue weighted by Gasteiger charge is 2.13. The minimum atomic E-state index is -0.320. The Morgan fingerprint density at radius 1 is 1.22 bits per heavy atom. The third-order valence-electron chi connectivity index (χ3n) is 4.82. The molecule has 0 fully saturated rings. The Labute approximate surface area is 157 Å². The van der Waals surface area contributed by atoms with Crippen molar-refractivity contribution in [1.82, 2.24) is 14.9 Å². The van der Waals surface area contributed by atoms with Crippen LogP contribution in [0.3, 0.4) is 0 Å². The topological polar surface area (TPSA) is 60.1 Å². The molecule has 3 aromatic rings. The second-order valence-electron chi connectivity index (χ2n) is 6.82. The van der Waals surface area contributed by atoms with Crippen LogP contribution in [0.25, 0.3) is 11.3 Å². The molecule has 2 aromatic heterocycles. The van der Waals surface area contributed by atoms with Gasteiger partial charge in [-0.1, -0.05) is 12.1 Å². The summed E-state index contributed by atoms with van der Waals surface area (Å²) in [5, 5.41) is 2.91. The minimum Gasteiger partial charge on any atom is -0.461 e. The Bertz CT molecular complexity index is 921. The zero-order valence-corrected chi connectivity index (χ0v) is 15.1. The number of amides is 1. The van der Waals surface area contributed by atoms with Crippen molar-refractivity contribution in [3.63, 3.8) is 0 Å². The molecule has 0 spiro atoms. The van der Waals surface area contributed by atoms with Gasteiger partial charge in [0.2, 0.25) is 5.91 Å². The van der Waals surface area contributed by atoms with Crippen molar-refractivity contribution >= 4 is 5.91 Å². The van der Waals surface area contributed by atoms with Gasteiger partial charge in [-0.15, -0.1) is 0 Å². The van der Waals surface area contributed by atoms with Crippen LogP contribution in [0.2, 0.25) is 0 Å². The van der Waals surface area contributed by atoms with Gasteiger partial charge < -0.3 is 14.3 Å². The van der Waals surface area contributed by atoms with Crippen molar-refractivity contribution in [2.45, 2.75) is 45.2 Å². The third-order valence-corrected chi connectivity index (χ3v) is 4.82. The van der Waals surface area contributed by atoms with Crippen LogP contribution in [0.5, 0.6) is 0 Å². The molecule has 5 nitrogen and oxygen atoms in total. The molecule has 1 aromatic carbocycles. The molecule has 0 aliphatic carbocycles. The summed E-state index contributed by atoms with van der Waals surface area (Å²) in [6.07, 6.45) is 6.20. The van der Waals surface area contributed by atoms with E-state index in [-0.39, 0.29) is 11.7 Å². The molecule has 0 radical (unpaired) electrons. The molecule has 0 saturated carbocycles. The average Bonchev–Trinajstić information content (AvgIpc) is 3.31. The van der Waals surface area contributed by atoms with E-state index >= 15 is 0 Å². The number of carbonyl (C=O) groups is 1. The van der Waals surface area contributed by atoms with Gasteiger partial charge in [0.25, 0.3) is 0 Å². The van der Waals surface area contributed by atoms with Crippen molar-refractivity contribution in [2.75, 3.05) is 0 Å². The average molecular weight is 367 g/mol. The zero-order chi connectivity index (χ0) is 18.6. The number of halogens is 1. The maximum Gasteiger partial charge on any atom is 0.220 e. The van der Waals surface area contributed by atoms with Crippen molar-refractivity contribution in [1.29, 1.82) is 0 Å². The van der Waals surface area contributed by atoms with Gasteiger partial charge in [0, 0.05) is 32.0 Å². The van der Waals surface area contributed by atoms with Gasteiger partial charge >= 0.3 is 0 Å². The molecule has 0 atom stereocenters. The summed E-state index contributed by atoms with van der Waals surface area (Å²) in [7, 11) is 0. The first kappa shape index (κ1) is 17.5. The zero-order valence-electron chi connectivity index (χ0n) is 15.1. The van der Waals surface area contributed by atoms with Crippen molar-refractivity contribution in [2.24, 2.45) is 0 Å². The van der Waals surface area contributed by atoms with E-state index in [9.17, 15) is 9.18 Å². The maximum absolute atomic E-state index is 13.8. The van der Waals surface area contributed by atoms with Gasteiger partial charge in [0.1, 0.15) is 23.2 Å². The van der Waals surface area contributed by atoms with E-state index in [0.29, 0.717) is 36.5 Å². The van der Waals surface area contributed by atoms with Crippen molar-refractivity contribution < 1.29 is 13.6 Å². The lowest BCUT2D eigenvalue weighted by molar-refractivity contribution is -0.121. The number of rotatable bonds is 6. The number of furan rings is 1. The Morgan fingerprint density at radius 2 is 2.11 bits per heavy atom. The molecule has 0 unspecified atom stereocenters. The van der Waals surface area contributed by atoms with Crippen LogP contribution in [-0.4, -0.2) is 15.5 Å². The normalized spacial score (nSPS) is 13.4. The first-order valence-corrected chi connectivity index (χ1v) is 9.34. The van der Waals surface area contributed by atoms with E-state index in [4.69, 9.17) is 4.42 Å². The number of aryl methyl sites for hydroxylation is 3. The molecule has 1 amide bonds. The Kier molecular flexibility index (Phi) is 5.05. The van der Waals surface area contributed by atoms with Gasteiger partial charge in [-0.2, -0.15) is 0 Å². The second-order valence-corrected chi connectivity index (χ2v) is 6.82.